The van der Waals surface area contributed by atoms with Crippen molar-refractivity contribution in [1.29, 1.82) is 5.26 Å². The Bertz CT molecular complexity index is 837. The van der Waals surface area contributed by atoms with E-state index in [0.29, 0.717) is 12.3 Å². The number of nitriles is 1. The summed E-state index contributed by atoms with van der Waals surface area (Å²) >= 11 is 5.81. The fraction of sp³-hybridized carbons (Fsp3) is 0.0769. The molecule has 2 aromatic rings. The van der Waals surface area contributed by atoms with Gasteiger partial charge >= 0.3 is 12.1 Å². The monoisotopic (exact) mass is 342 g/mol. The van der Waals surface area contributed by atoms with Gasteiger partial charge in [-0.15, -0.1) is 0 Å². The van der Waals surface area contributed by atoms with Crippen LogP contribution in [0.3, 0.4) is 0 Å². The van der Waals surface area contributed by atoms with E-state index in [1.165, 1.54) is 0 Å². The molecule has 0 bridgehead atoms. The molecule has 0 unspecified atom stereocenters. The van der Waals surface area contributed by atoms with Gasteiger partial charge in [-0.25, -0.2) is 14.5 Å². The van der Waals surface area contributed by atoms with Crippen LogP contribution in [0.1, 0.15) is 16.8 Å². The summed E-state index contributed by atoms with van der Waals surface area (Å²) in [7, 11) is 0. The second-order valence-corrected chi connectivity index (χ2v) is 4.57. The number of pyridine rings is 1. The van der Waals surface area contributed by atoms with Crippen LogP contribution in [0.5, 0.6) is 0 Å². The van der Waals surface area contributed by atoms with Crippen LogP contribution in [0.25, 0.3) is 11.9 Å². The number of aromatic nitrogens is 3. The van der Waals surface area contributed by atoms with E-state index < -0.39 is 17.7 Å². The zero-order chi connectivity index (χ0) is 17.2. The van der Waals surface area contributed by atoms with Gasteiger partial charge in [-0.3, -0.25) is 0 Å². The largest absolute Gasteiger partial charge is 0.478 e. The van der Waals surface area contributed by atoms with Crippen LogP contribution < -0.4 is 0 Å². The zero-order valence-electron chi connectivity index (χ0n) is 11.0. The van der Waals surface area contributed by atoms with Crippen molar-refractivity contribution < 1.29 is 23.1 Å². The van der Waals surface area contributed by atoms with E-state index in [0.717, 1.165) is 23.0 Å². The molecule has 0 aromatic carbocycles. The molecular formula is C13H6ClF3N4O2. The molecule has 0 atom stereocenters. The third-order valence-corrected chi connectivity index (χ3v) is 2.94. The Morgan fingerprint density at radius 2 is 2.13 bits per heavy atom. The Hall–Kier alpha value is -2.86. The van der Waals surface area contributed by atoms with Crippen molar-refractivity contribution in [2.45, 2.75) is 6.18 Å². The van der Waals surface area contributed by atoms with Crippen molar-refractivity contribution in [3.05, 3.63) is 46.4 Å². The molecule has 0 saturated carbocycles. The van der Waals surface area contributed by atoms with E-state index in [9.17, 15) is 18.0 Å². The molecule has 6 nitrogen and oxygen atoms in total. The molecule has 0 fully saturated rings. The molecule has 0 radical (unpaired) electrons. The van der Waals surface area contributed by atoms with Crippen LogP contribution in [-0.4, -0.2) is 25.8 Å². The average molecular weight is 343 g/mol. The maximum atomic E-state index is 12.6. The van der Waals surface area contributed by atoms with Crippen molar-refractivity contribution in [1.82, 2.24) is 14.8 Å². The lowest BCUT2D eigenvalue weighted by Gasteiger charge is -2.10. The molecular weight excluding hydrogens is 337 g/mol. The first-order chi connectivity index (χ1) is 10.7. The number of hydrogen-bond donors (Lipinski definition) is 1. The molecule has 0 saturated heterocycles. The van der Waals surface area contributed by atoms with E-state index in [4.69, 9.17) is 22.0 Å². The van der Waals surface area contributed by atoms with Gasteiger partial charge in [0.25, 0.3) is 0 Å². The summed E-state index contributed by atoms with van der Waals surface area (Å²) in [6.07, 6.45) is -1.09. The van der Waals surface area contributed by atoms with Gasteiger partial charge in [0.05, 0.1) is 28.0 Å². The summed E-state index contributed by atoms with van der Waals surface area (Å²) < 4.78 is 38.8. The molecule has 2 rings (SSSR count). The maximum Gasteiger partial charge on any atom is 0.417 e. The number of hydrogen-bond acceptors (Lipinski definition) is 4. The molecule has 0 aliphatic carbocycles. The first kappa shape index (κ1) is 16.5. The molecule has 0 spiro atoms. The predicted molar refractivity (Wildman–Crippen MR) is 72.8 cm³/mol. The summed E-state index contributed by atoms with van der Waals surface area (Å²) in [5.41, 5.74) is -0.995. The van der Waals surface area contributed by atoms with Gasteiger partial charge in [0.15, 0.2) is 5.82 Å². The third kappa shape index (κ3) is 3.49. The van der Waals surface area contributed by atoms with E-state index in [2.05, 4.69) is 10.1 Å². The van der Waals surface area contributed by atoms with Crippen molar-refractivity contribution in [3.8, 4) is 11.9 Å². The highest BCUT2D eigenvalue weighted by Gasteiger charge is 2.32. The SMILES string of the molecule is N#Cc1cnn(-c2ncc(C(F)(F)F)cc2Cl)c1C=CC(=O)O. The number of nitrogens with zero attached hydrogens (tertiary/aromatic N) is 4. The highest BCUT2D eigenvalue weighted by molar-refractivity contribution is 6.32. The Kier molecular flexibility index (Phi) is 4.38. The molecule has 10 heteroatoms. The number of aliphatic carboxylic acids is 1. The number of carboxylic acid groups (broad SMARTS) is 1. The van der Waals surface area contributed by atoms with Crippen molar-refractivity contribution in [3.63, 3.8) is 0 Å². The minimum atomic E-state index is -4.61. The van der Waals surface area contributed by atoms with Crippen molar-refractivity contribution in [2.75, 3.05) is 0 Å². The van der Waals surface area contributed by atoms with Crippen molar-refractivity contribution in [2.24, 2.45) is 0 Å². The standard InChI is InChI=1S/C13H6ClF3N4O2/c14-9-3-8(13(15,16)17)6-19-12(9)21-10(1-2-11(22)23)7(4-18)5-20-21/h1-3,5-6H,(H,22,23). The van der Waals surface area contributed by atoms with Gasteiger partial charge in [0.2, 0.25) is 0 Å². The van der Waals surface area contributed by atoms with E-state index in [-0.39, 0.29) is 22.1 Å². The lowest BCUT2D eigenvalue weighted by Crippen LogP contribution is -2.09. The Balaban J connectivity index is 2.57. The summed E-state index contributed by atoms with van der Waals surface area (Å²) in [5.74, 6) is -1.43. The molecule has 118 valence electrons. The summed E-state index contributed by atoms with van der Waals surface area (Å²) in [4.78, 5) is 14.2. The Morgan fingerprint density at radius 1 is 1.43 bits per heavy atom. The highest BCUT2D eigenvalue weighted by Crippen LogP contribution is 2.32. The normalized spacial score (nSPS) is 11.6. The lowest BCUT2D eigenvalue weighted by molar-refractivity contribution is -0.137. The lowest BCUT2D eigenvalue weighted by atomic mass is 10.2. The van der Waals surface area contributed by atoms with Crippen LogP contribution in [0.4, 0.5) is 13.2 Å². The summed E-state index contributed by atoms with van der Waals surface area (Å²) in [5, 5.41) is 21.1. The summed E-state index contributed by atoms with van der Waals surface area (Å²) in [6.45, 7) is 0. The smallest absolute Gasteiger partial charge is 0.417 e. The molecule has 2 aromatic heterocycles. The third-order valence-electron chi connectivity index (χ3n) is 2.66. The van der Waals surface area contributed by atoms with Crippen LogP contribution >= 0.6 is 11.6 Å². The number of carboxylic acids is 1. The molecule has 1 N–H and O–H groups in total. The average Bonchev–Trinajstić information content (AvgIpc) is 2.86. The molecule has 0 amide bonds. The fourth-order valence-electron chi connectivity index (χ4n) is 1.66. The molecule has 2 heterocycles. The predicted octanol–water partition coefficient (Wildman–Crippen LogP) is 2.91. The minimum absolute atomic E-state index is 0.0141. The van der Waals surface area contributed by atoms with Crippen LogP contribution in [0.2, 0.25) is 5.02 Å². The van der Waals surface area contributed by atoms with Crippen LogP contribution in [0.15, 0.2) is 24.5 Å². The van der Waals surface area contributed by atoms with Gasteiger partial charge in [0.1, 0.15) is 6.07 Å². The first-order valence-electron chi connectivity index (χ1n) is 5.86. The van der Waals surface area contributed by atoms with Gasteiger partial charge in [-0.05, 0) is 12.1 Å². The first-order valence-corrected chi connectivity index (χ1v) is 6.24. The van der Waals surface area contributed by atoms with Gasteiger partial charge in [0, 0.05) is 12.3 Å². The van der Waals surface area contributed by atoms with Gasteiger partial charge < -0.3 is 5.11 Å². The molecule has 0 aliphatic heterocycles. The number of rotatable bonds is 3. The van der Waals surface area contributed by atoms with E-state index >= 15 is 0 Å². The Morgan fingerprint density at radius 3 is 2.65 bits per heavy atom. The highest BCUT2D eigenvalue weighted by atomic mass is 35.5. The van der Waals surface area contributed by atoms with E-state index in [1.807, 2.05) is 0 Å². The van der Waals surface area contributed by atoms with Crippen LogP contribution in [-0.2, 0) is 11.0 Å². The zero-order valence-corrected chi connectivity index (χ0v) is 11.8. The topological polar surface area (TPSA) is 91.8 Å². The molecule has 0 aliphatic rings. The second kappa shape index (κ2) is 6.10. The van der Waals surface area contributed by atoms with Gasteiger partial charge in [-0.1, -0.05) is 11.6 Å². The number of carbonyl (C=O) groups is 1. The van der Waals surface area contributed by atoms with Gasteiger partial charge in [-0.2, -0.15) is 23.5 Å². The quantitative estimate of drug-likeness (QED) is 0.866. The minimum Gasteiger partial charge on any atom is -0.478 e. The van der Waals surface area contributed by atoms with Crippen LogP contribution in [0, 0.1) is 11.3 Å². The second-order valence-electron chi connectivity index (χ2n) is 4.17. The fourth-order valence-corrected chi connectivity index (χ4v) is 1.91. The van der Waals surface area contributed by atoms with E-state index in [1.54, 1.807) is 6.07 Å². The number of alkyl halides is 3. The number of halogens is 4. The van der Waals surface area contributed by atoms with Crippen molar-refractivity contribution >= 4 is 23.6 Å². The molecule has 23 heavy (non-hydrogen) atoms. The summed E-state index contributed by atoms with van der Waals surface area (Å²) in [6, 6.07) is 2.46. The maximum absolute atomic E-state index is 12.6. The Labute approximate surface area is 132 Å².